The fourth-order valence-corrected chi connectivity index (χ4v) is 4.88. The predicted octanol–water partition coefficient (Wildman–Crippen LogP) is 4.29. The zero-order chi connectivity index (χ0) is 19.5. The van der Waals surface area contributed by atoms with E-state index in [0.717, 1.165) is 38.9 Å². The molecule has 4 heteroatoms. The van der Waals surface area contributed by atoms with Gasteiger partial charge in [-0.2, -0.15) is 0 Å². The lowest BCUT2D eigenvalue weighted by molar-refractivity contribution is 0.345. The van der Waals surface area contributed by atoms with E-state index in [1.165, 1.54) is 48.3 Å². The lowest BCUT2D eigenvalue weighted by Gasteiger charge is -2.32. The van der Waals surface area contributed by atoms with Crippen molar-refractivity contribution in [2.24, 2.45) is 0 Å². The first-order valence-corrected chi connectivity index (χ1v) is 10.7. The molecule has 1 saturated heterocycles. The molecule has 1 aliphatic heterocycles. The highest BCUT2D eigenvalue weighted by Crippen LogP contribution is 2.39. The number of hydrogen-bond donors (Lipinski definition) is 2. The Bertz CT molecular complexity index is 814. The second-order valence-electron chi connectivity index (χ2n) is 8.26. The summed E-state index contributed by atoms with van der Waals surface area (Å²) in [6.45, 7) is 7.69. The van der Waals surface area contributed by atoms with Crippen molar-refractivity contribution in [3.8, 4) is 11.5 Å². The zero-order valence-electron chi connectivity index (χ0n) is 16.9. The summed E-state index contributed by atoms with van der Waals surface area (Å²) in [6.07, 6.45) is 5.71. The number of fused-ring (bicyclic) bond motifs is 1. The van der Waals surface area contributed by atoms with Crippen LogP contribution in [0.3, 0.4) is 0 Å². The van der Waals surface area contributed by atoms with Crippen LogP contribution in [-0.2, 0) is 12.8 Å². The normalized spacial score (nSPS) is 19.5. The fraction of sp³-hybridized carbons (Fsp3) is 0.500. The molecular weight excluding hydrogens is 348 g/mol. The van der Waals surface area contributed by atoms with Gasteiger partial charge >= 0.3 is 0 Å². The topological polar surface area (TPSA) is 46.9 Å². The van der Waals surface area contributed by atoms with Crippen molar-refractivity contribution < 1.29 is 10.2 Å². The molecule has 0 bridgehead atoms. The first-order chi connectivity index (χ1) is 13.6. The van der Waals surface area contributed by atoms with Gasteiger partial charge in [-0.15, -0.1) is 0 Å². The quantitative estimate of drug-likeness (QED) is 0.785. The van der Waals surface area contributed by atoms with Gasteiger partial charge in [-0.05, 0) is 92.9 Å². The standard InChI is InChI=1S/C24H32N2O2/c1-2-26(14-13-25-11-3-4-12-25)24-17-22(28)9-10-23(24)20-6-5-19-16-21(27)8-7-18(19)15-20/h7-10,16-17,20,27-28H,2-6,11-15H2,1H3. The number of likely N-dealkylation sites (N-methyl/N-ethyl adjacent to an activating group) is 1. The van der Waals surface area contributed by atoms with Crippen LogP contribution in [0.1, 0.15) is 48.8 Å². The molecule has 0 spiro atoms. The molecule has 1 unspecified atom stereocenters. The average Bonchev–Trinajstić information content (AvgIpc) is 3.22. The third-order valence-corrected chi connectivity index (χ3v) is 6.48. The molecule has 1 atom stereocenters. The number of aryl methyl sites for hydroxylation is 1. The second-order valence-corrected chi connectivity index (χ2v) is 8.26. The molecule has 1 aliphatic carbocycles. The van der Waals surface area contributed by atoms with Crippen LogP contribution in [-0.4, -0.2) is 47.8 Å². The number of hydrogen-bond acceptors (Lipinski definition) is 4. The molecule has 0 radical (unpaired) electrons. The molecule has 2 N–H and O–H groups in total. The summed E-state index contributed by atoms with van der Waals surface area (Å²) in [5, 5.41) is 19.9. The van der Waals surface area contributed by atoms with Crippen molar-refractivity contribution in [3.05, 3.63) is 53.1 Å². The summed E-state index contributed by atoms with van der Waals surface area (Å²) in [5.41, 5.74) is 5.15. The van der Waals surface area contributed by atoms with E-state index in [9.17, 15) is 10.2 Å². The smallest absolute Gasteiger partial charge is 0.117 e. The lowest BCUT2D eigenvalue weighted by atomic mass is 9.79. The molecule has 0 saturated carbocycles. The van der Waals surface area contributed by atoms with E-state index in [1.54, 1.807) is 6.07 Å². The van der Waals surface area contributed by atoms with Crippen LogP contribution in [0.4, 0.5) is 5.69 Å². The summed E-state index contributed by atoms with van der Waals surface area (Å²) in [4.78, 5) is 4.98. The van der Waals surface area contributed by atoms with Crippen LogP contribution < -0.4 is 4.90 Å². The van der Waals surface area contributed by atoms with Gasteiger partial charge in [0.25, 0.3) is 0 Å². The highest BCUT2D eigenvalue weighted by Gasteiger charge is 2.24. The number of rotatable bonds is 6. The summed E-state index contributed by atoms with van der Waals surface area (Å²) in [5.74, 6) is 1.16. The van der Waals surface area contributed by atoms with Crippen LogP contribution >= 0.6 is 0 Å². The predicted molar refractivity (Wildman–Crippen MR) is 115 cm³/mol. The minimum atomic E-state index is 0.347. The van der Waals surface area contributed by atoms with Gasteiger partial charge in [0.1, 0.15) is 11.5 Å². The van der Waals surface area contributed by atoms with Crippen molar-refractivity contribution in [2.45, 2.75) is 44.9 Å². The molecule has 4 nitrogen and oxygen atoms in total. The third-order valence-electron chi connectivity index (χ3n) is 6.48. The van der Waals surface area contributed by atoms with Gasteiger partial charge in [0.2, 0.25) is 0 Å². The second kappa shape index (κ2) is 8.44. The Hall–Kier alpha value is -2.20. The van der Waals surface area contributed by atoms with Crippen LogP contribution in [0, 0.1) is 0 Å². The number of likely N-dealkylation sites (tertiary alicyclic amines) is 1. The maximum absolute atomic E-state index is 10.2. The third kappa shape index (κ3) is 4.12. The highest BCUT2D eigenvalue weighted by molar-refractivity contribution is 5.59. The summed E-state index contributed by atoms with van der Waals surface area (Å²) in [7, 11) is 0. The van der Waals surface area contributed by atoms with Gasteiger partial charge in [0, 0.05) is 31.4 Å². The summed E-state index contributed by atoms with van der Waals surface area (Å²) < 4.78 is 0. The number of nitrogens with zero attached hydrogens (tertiary/aromatic N) is 2. The lowest BCUT2D eigenvalue weighted by Crippen LogP contribution is -2.34. The monoisotopic (exact) mass is 380 g/mol. The Morgan fingerprint density at radius 2 is 1.75 bits per heavy atom. The van der Waals surface area contributed by atoms with Crippen LogP contribution in [0.15, 0.2) is 36.4 Å². The molecule has 1 heterocycles. The molecule has 2 aliphatic rings. The van der Waals surface area contributed by atoms with Gasteiger partial charge < -0.3 is 20.0 Å². The van der Waals surface area contributed by atoms with Crippen molar-refractivity contribution in [1.82, 2.24) is 4.90 Å². The van der Waals surface area contributed by atoms with Crippen molar-refractivity contribution in [3.63, 3.8) is 0 Å². The van der Waals surface area contributed by atoms with Crippen LogP contribution in [0.25, 0.3) is 0 Å². The molecular formula is C24H32N2O2. The van der Waals surface area contributed by atoms with Gasteiger partial charge in [-0.25, -0.2) is 0 Å². The number of aromatic hydroxyl groups is 2. The molecule has 28 heavy (non-hydrogen) atoms. The van der Waals surface area contributed by atoms with E-state index >= 15 is 0 Å². The number of benzene rings is 2. The Balaban J connectivity index is 1.56. The SMILES string of the molecule is CCN(CCN1CCCC1)c1cc(O)ccc1C1CCc2cc(O)ccc2C1. The van der Waals surface area contributed by atoms with E-state index in [-0.39, 0.29) is 0 Å². The van der Waals surface area contributed by atoms with E-state index in [4.69, 9.17) is 0 Å². The van der Waals surface area contributed by atoms with E-state index in [0.29, 0.717) is 17.4 Å². The first-order valence-electron chi connectivity index (χ1n) is 10.7. The molecule has 2 aromatic carbocycles. The van der Waals surface area contributed by atoms with Gasteiger partial charge in [-0.1, -0.05) is 12.1 Å². The molecule has 2 aromatic rings. The molecule has 150 valence electrons. The molecule has 4 rings (SSSR count). The highest BCUT2D eigenvalue weighted by atomic mass is 16.3. The van der Waals surface area contributed by atoms with Crippen LogP contribution in [0.2, 0.25) is 0 Å². The number of anilines is 1. The largest absolute Gasteiger partial charge is 0.508 e. The number of phenols is 2. The van der Waals surface area contributed by atoms with Gasteiger partial charge in [-0.3, -0.25) is 0 Å². The average molecular weight is 381 g/mol. The Labute approximate surface area is 168 Å². The maximum Gasteiger partial charge on any atom is 0.117 e. The molecule has 0 aromatic heterocycles. The summed E-state index contributed by atoms with van der Waals surface area (Å²) >= 11 is 0. The Morgan fingerprint density at radius 1 is 1.00 bits per heavy atom. The van der Waals surface area contributed by atoms with Crippen molar-refractivity contribution in [2.75, 3.05) is 37.6 Å². The summed E-state index contributed by atoms with van der Waals surface area (Å²) in [6, 6.07) is 11.7. The van der Waals surface area contributed by atoms with Crippen molar-refractivity contribution in [1.29, 1.82) is 0 Å². The first kappa shape index (κ1) is 19.1. The Morgan fingerprint density at radius 3 is 2.54 bits per heavy atom. The minimum absolute atomic E-state index is 0.347. The fourth-order valence-electron chi connectivity index (χ4n) is 4.88. The molecule has 0 amide bonds. The Kier molecular flexibility index (Phi) is 5.77. The van der Waals surface area contributed by atoms with E-state index < -0.39 is 0 Å². The van der Waals surface area contributed by atoms with Crippen LogP contribution in [0.5, 0.6) is 11.5 Å². The van der Waals surface area contributed by atoms with Gasteiger partial charge in [0.15, 0.2) is 0 Å². The van der Waals surface area contributed by atoms with Crippen molar-refractivity contribution >= 4 is 5.69 Å². The minimum Gasteiger partial charge on any atom is -0.508 e. The maximum atomic E-state index is 10.2. The zero-order valence-corrected chi connectivity index (χ0v) is 16.9. The molecule has 1 fully saturated rings. The van der Waals surface area contributed by atoms with E-state index in [2.05, 4.69) is 28.9 Å². The van der Waals surface area contributed by atoms with E-state index in [1.807, 2.05) is 18.2 Å². The number of phenolic OH excluding ortho intramolecular Hbond substituents is 2. The van der Waals surface area contributed by atoms with Gasteiger partial charge in [0.05, 0.1) is 0 Å².